The van der Waals surface area contributed by atoms with Crippen LogP contribution in [0.3, 0.4) is 0 Å². The zero-order valence-corrected chi connectivity index (χ0v) is 8.95. The minimum Gasteiger partial charge on any atom is -0.379 e. The van der Waals surface area contributed by atoms with Crippen LogP contribution in [-0.4, -0.2) is 19.3 Å². The van der Waals surface area contributed by atoms with Gasteiger partial charge in [-0.25, -0.2) is 0 Å². The van der Waals surface area contributed by atoms with Gasteiger partial charge in [-0.15, -0.1) is 0 Å². The van der Waals surface area contributed by atoms with Crippen LogP contribution >= 0.6 is 0 Å². The first-order valence-corrected chi connectivity index (χ1v) is 5.15. The van der Waals surface area contributed by atoms with Crippen LogP contribution in [-0.2, 0) is 4.74 Å². The lowest BCUT2D eigenvalue weighted by Crippen LogP contribution is -2.13. The van der Waals surface area contributed by atoms with Crippen molar-refractivity contribution in [3.05, 3.63) is 4.91 Å². The summed E-state index contributed by atoms with van der Waals surface area (Å²) in [6.07, 6.45) is 3.49. The first-order valence-electron chi connectivity index (χ1n) is 5.15. The van der Waals surface area contributed by atoms with Crippen molar-refractivity contribution in [2.75, 3.05) is 13.2 Å². The molecule has 0 aliphatic heterocycles. The molecule has 0 fully saturated rings. The second-order valence-corrected chi connectivity index (χ2v) is 3.48. The minimum absolute atomic E-state index is 0.360. The predicted molar refractivity (Wildman–Crippen MR) is 54.8 cm³/mol. The van der Waals surface area contributed by atoms with Gasteiger partial charge in [-0.1, -0.05) is 19.0 Å². The highest BCUT2D eigenvalue weighted by Crippen LogP contribution is 2.12. The molecular weight excluding hydrogens is 166 g/mol. The first kappa shape index (κ1) is 12.6. The highest BCUT2D eigenvalue weighted by atomic mass is 16.5. The molecule has 0 aromatic carbocycles. The molecule has 0 aromatic heterocycles. The third-order valence-corrected chi connectivity index (χ3v) is 2.23. The van der Waals surface area contributed by atoms with Crippen LogP contribution in [0.5, 0.6) is 0 Å². The fraction of sp³-hybridized carbons (Fsp3) is 1.00. The Labute approximate surface area is 80.8 Å². The van der Waals surface area contributed by atoms with Gasteiger partial charge in [0, 0.05) is 6.61 Å². The molecule has 0 rings (SSSR count). The Morgan fingerprint density at radius 1 is 1.31 bits per heavy atom. The van der Waals surface area contributed by atoms with E-state index in [1.165, 1.54) is 0 Å². The maximum absolute atomic E-state index is 9.97. The molecule has 0 spiro atoms. The van der Waals surface area contributed by atoms with Crippen molar-refractivity contribution in [3.63, 3.8) is 0 Å². The number of nitrogens with zero attached hydrogens (tertiary/aromatic N) is 1. The average molecular weight is 187 g/mol. The minimum atomic E-state index is 0.360. The molecule has 0 aliphatic carbocycles. The molecule has 3 heteroatoms. The molecule has 78 valence electrons. The van der Waals surface area contributed by atoms with Crippen molar-refractivity contribution in [3.8, 4) is 0 Å². The molecule has 3 nitrogen and oxygen atoms in total. The van der Waals surface area contributed by atoms with Crippen LogP contribution < -0.4 is 0 Å². The maximum atomic E-state index is 9.97. The Bertz CT molecular complexity index is 128. The third-order valence-electron chi connectivity index (χ3n) is 2.23. The topological polar surface area (TPSA) is 38.7 Å². The SMILES string of the molecule is CCOC(CC)CCC(C)CN=O. The number of nitroso groups, excluding NO2 is 1. The van der Waals surface area contributed by atoms with Gasteiger partial charge in [-0.2, -0.15) is 4.91 Å². The third kappa shape index (κ3) is 6.70. The predicted octanol–water partition coefficient (Wildman–Crippen LogP) is 2.98. The second kappa shape index (κ2) is 8.17. The molecule has 0 saturated carbocycles. The molecular formula is C10H21NO2. The monoisotopic (exact) mass is 187 g/mol. The maximum Gasteiger partial charge on any atom is 0.0836 e. The molecule has 0 N–H and O–H groups in total. The van der Waals surface area contributed by atoms with E-state index in [4.69, 9.17) is 4.74 Å². The quantitative estimate of drug-likeness (QED) is 0.548. The van der Waals surface area contributed by atoms with Crippen molar-refractivity contribution >= 4 is 0 Å². The summed E-state index contributed by atoms with van der Waals surface area (Å²) in [6, 6.07) is 0. The molecule has 0 heterocycles. The largest absolute Gasteiger partial charge is 0.379 e. The lowest BCUT2D eigenvalue weighted by Gasteiger charge is -2.16. The molecule has 2 atom stereocenters. The summed E-state index contributed by atoms with van der Waals surface area (Å²) < 4.78 is 5.51. The standard InChI is InChI=1S/C10H21NO2/c1-4-10(13-5-2)7-6-9(3)8-11-12/h9-10H,4-8H2,1-3H3. The zero-order chi connectivity index (χ0) is 10.1. The molecule has 13 heavy (non-hydrogen) atoms. The first-order chi connectivity index (χ1) is 6.24. The van der Waals surface area contributed by atoms with E-state index in [2.05, 4.69) is 19.0 Å². The zero-order valence-electron chi connectivity index (χ0n) is 8.95. The number of rotatable bonds is 8. The summed E-state index contributed by atoms with van der Waals surface area (Å²) in [5, 5.41) is 2.89. The highest BCUT2D eigenvalue weighted by molar-refractivity contribution is 4.61. The Balaban J connectivity index is 3.51. The van der Waals surface area contributed by atoms with E-state index in [0.717, 1.165) is 25.9 Å². The fourth-order valence-corrected chi connectivity index (χ4v) is 1.33. The van der Waals surface area contributed by atoms with Crippen LogP contribution in [0.4, 0.5) is 0 Å². The number of ether oxygens (including phenoxy) is 1. The molecule has 0 radical (unpaired) electrons. The highest BCUT2D eigenvalue weighted by Gasteiger charge is 2.08. The van der Waals surface area contributed by atoms with Crippen LogP contribution in [0.2, 0.25) is 0 Å². The lowest BCUT2D eigenvalue weighted by atomic mass is 10.0. The lowest BCUT2D eigenvalue weighted by molar-refractivity contribution is 0.0502. The smallest absolute Gasteiger partial charge is 0.0836 e. The molecule has 0 bridgehead atoms. The molecule has 0 saturated heterocycles. The van der Waals surface area contributed by atoms with Gasteiger partial charge in [0.1, 0.15) is 0 Å². The van der Waals surface area contributed by atoms with Crippen LogP contribution in [0.25, 0.3) is 0 Å². The second-order valence-electron chi connectivity index (χ2n) is 3.48. The van der Waals surface area contributed by atoms with Gasteiger partial charge in [-0.05, 0) is 32.1 Å². The van der Waals surface area contributed by atoms with Gasteiger partial charge < -0.3 is 4.74 Å². The summed E-state index contributed by atoms with van der Waals surface area (Å²) in [6.45, 7) is 7.41. The van der Waals surface area contributed by atoms with E-state index in [9.17, 15) is 4.91 Å². The van der Waals surface area contributed by atoms with Crippen molar-refractivity contribution in [2.45, 2.75) is 46.1 Å². The van der Waals surface area contributed by atoms with Gasteiger partial charge in [-0.3, -0.25) is 0 Å². The summed E-state index contributed by atoms with van der Waals surface area (Å²) in [5.41, 5.74) is 0. The van der Waals surface area contributed by atoms with Crippen LogP contribution in [0.1, 0.15) is 40.0 Å². The van der Waals surface area contributed by atoms with Crippen molar-refractivity contribution in [1.29, 1.82) is 0 Å². The van der Waals surface area contributed by atoms with Crippen LogP contribution in [0, 0.1) is 10.8 Å². The Morgan fingerprint density at radius 2 is 2.00 bits per heavy atom. The van der Waals surface area contributed by atoms with Gasteiger partial charge in [0.25, 0.3) is 0 Å². The summed E-state index contributed by atoms with van der Waals surface area (Å²) in [5.74, 6) is 0.395. The van der Waals surface area contributed by atoms with Crippen LogP contribution in [0.15, 0.2) is 5.18 Å². The summed E-state index contributed by atoms with van der Waals surface area (Å²) in [4.78, 5) is 9.97. The van der Waals surface area contributed by atoms with Gasteiger partial charge in [0.2, 0.25) is 0 Å². The van der Waals surface area contributed by atoms with Gasteiger partial charge >= 0.3 is 0 Å². The molecule has 0 aromatic rings. The Kier molecular flexibility index (Phi) is 7.90. The van der Waals surface area contributed by atoms with Crippen molar-refractivity contribution in [2.24, 2.45) is 11.1 Å². The van der Waals surface area contributed by atoms with Gasteiger partial charge in [0.15, 0.2) is 0 Å². The van der Waals surface area contributed by atoms with Crippen molar-refractivity contribution in [1.82, 2.24) is 0 Å². The summed E-state index contributed by atoms with van der Waals surface area (Å²) in [7, 11) is 0. The van der Waals surface area contributed by atoms with E-state index in [1.54, 1.807) is 0 Å². The van der Waals surface area contributed by atoms with E-state index in [0.29, 0.717) is 18.6 Å². The summed E-state index contributed by atoms with van der Waals surface area (Å²) >= 11 is 0. The number of hydrogen-bond donors (Lipinski definition) is 0. The Morgan fingerprint density at radius 3 is 2.46 bits per heavy atom. The van der Waals surface area contributed by atoms with E-state index in [1.807, 2.05) is 6.92 Å². The fourth-order valence-electron chi connectivity index (χ4n) is 1.33. The molecule has 0 aliphatic rings. The van der Waals surface area contributed by atoms with E-state index in [-0.39, 0.29) is 0 Å². The Hall–Kier alpha value is -0.440. The van der Waals surface area contributed by atoms with E-state index < -0.39 is 0 Å². The molecule has 2 unspecified atom stereocenters. The molecule has 0 amide bonds. The van der Waals surface area contributed by atoms with Crippen molar-refractivity contribution < 1.29 is 4.74 Å². The van der Waals surface area contributed by atoms with E-state index >= 15 is 0 Å². The normalized spacial score (nSPS) is 15.3. The van der Waals surface area contributed by atoms with Gasteiger partial charge in [0.05, 0.1) is 12.6 Å². The number of hydrogen-bond acceptors (Lipinski definition) is 3. The average Bonchev–Trinajstić information content (AvgIpc) is 2.12.